The summed E-state index contributed by atoms with van der Waals surface area (Å²) in [6.45, 7) is 1.75. The number of hydrogen-bond donors (Lipinski definition) is 1. The molecule has 0 saturated carbocycles. The molecule has 0 aliphatic carbocycles. The van der Waals surface area contributed by atoms with Crippen LogP contribution in [-0.4, -0.2) is 52.9 Å². The first-order chi connectivity index (χ1) is 19.3. The van der Waals surface area contributed by atoms with E-state index in [-0.39, 0.29) is 35.6 Å². The minimum absolute atomic E-state index is 0.0446. The number of nitrogens with zero attached hydrogens (tertiary/aromatic N) is 3. The largest absolute Gasteiger partial charge is 0.493 e. The number of aryl methyl sites for hydroxylation is 1. The molecule has 0 atom stereocenters. The van der Waals surface area contributed by atoms with E-state index in [0.717, 1.165) is 10.5 Å². The zero-order valence-corrected chi connectivity index (χ0v) is 22.4. The van der Waals surface area contributed by atoms with Gasteiger partial charge in [-0.2, -0.15) is 0 Å². The molecule has 1 aliphatic heterocycles. The molecule has 204 valence electrons. The molecule has 1 aliphatic rings. The number of fused-ring (bicyclic) bond motifs is 2. The fraction of sp³-hybridized carbons (Fsp3) is 0.233. The highest BCUT2D eigenvalue weighted by Gasteiger charge is 2.35. The standard InChI is InChI=1S/C30H28N4O6/c1-18(35)31-20-9-10-21-23(17-20)30(38)34(28(21)36)15-13-27-32-24-7-5-4-6-22(24)29(37)33(27)14-12-19-8-11-25(39-2)26(16-19)40-3/h4-11,16-17H,12-15H2,1-3H3,(H,31,35). The fourth-order valence-corrected chi connectivity index (χ4v) is 4.90. The third-order valence-corrected chi connectivity index (χ3v) is 6.86. The molecule has 40 heavy (non-hydrogen) atoms. The fourth-order valence-electron chi connectivity index (χ4n) is 4.90. The number of amides is 3. The summed E-state index contributed by atoms with van der Waals surface area (Å²) in [5, 5.41) is 3.12. The summed E-state index contributed by atoms with van der Waals surface area (Å²) in [4.78, 5) is 57.0. The Hall–Kier alpha value is -4.99. The molecular formula is C30H28N4O6. The number of anilines is 1. The molecule has 1 aromatic heterocycles. The Morgan fingerprint density at radius 1 is 0.850 bits per heavy atom. The maximum absolute atomic E-state index is 13.5. The van der Waals surface area contributed by atoms with Crippen molar-refractivity contribution in [1.82, 2.24) is 14.5 Å². The van der Waals surface area contributed by atoms with Gasteiger partial charge < -0.3 is 14.8 Å². The number of carbonyl (C=O) groups excluding carboxylic acids is 3. The monoisotopic (exact) mass is 540 g/mol. The first-order valence-corrected chi connectivity index (χ1v) is 12.8. The maximum Gasteiger partial charge on any atom is 0.261 e. The number of ether oxygens (including phenoxy) is 2. The van der Waals surface area contributed by atoms with E-state index in [0.29, 0.717) is 46.9 Å². The number of rotatable bonds is 9. The normalized spacial score (nSPS) is 12.5. The number of benzene rings is 3. The van der Waals surface area contributed by atoms with Gasteiger partial charge >= 0.3 is 0 Å². The Labute approximate surface area is 230 Å². The highest BCUT2D eigenvalue weighted by molar-refractivity contribution is 6.21. The number of methoxy groups -OCH3 is 2. The summed E-state index contributed by atoms with van der Waals surface area (Å²) in [6.07, 6.45) is 0.711. The van der Waals surface area contributed by atoms with Crippen LogP contribution in [0.2, 0.25) is 0 Å². The lowest BCUT2D eigenvalue weighted by molar-refractivity contribution is -0.114. The lowest BCUT2D eigenvalue weighted by Gasteiger charge is -2.17. The van der Waals surface area contributed by atoms with Gasteiger partial charge in [0.1, 0.15) is 5.82 Å². The Bertz CT molecular complexity index is 1710. The molecule has 1 N–H and O–H groups in total. The predicted molar refractivity (Wildman–Crippen MR) is 149 cm³/mol. The Morgan fingerprint density at radius 2 is 1.60 bits per heavy atom. The Balaban J connectivity index is 1.42. The third kappa shape index (κ3) is 5.03. The van der Waals surface area contributed by atoms with Crippen LogP contribution in [0.5, 0.6) is 11.5 Å². The van der Waals surface area contributed by atoms with Gasteiger partial charge in [0.05, 0.1) is 36.2 Å². The lowest BCUT2D eigenvalue weighted by atomic mass is 10.1. The lowest BCUT2D eigenvalue weighted by Crippen LogP contribution is -2.34. The second-order valence-electron chi connectivity index (χ2n) is 9.39. The quantitative estimate of drug-likeness (QED) is 0.323. The summed E-state index contributed by atoms with van der Waals surface area (Å²) in [5.41, 5.74) is 2.24. The van der Waals surface area contributed by atoms with Gasteiger partial charge in [-0.25, -0.2) is 4.98 Å². The van der Waals surface area contributed by atoms with Crippen LogP contribution in [0, 0.1) is 0 Å². The van der Waals surface area contributed by atoms with Gasteiger partial charge in [-0.05, 0) is 54.4 Å². The molecular weight excluding hydrogens is 512 g/mol. The minimum Gasteiger partial charge on any atom is -0.493 e. The second-order valence-corrected chi connectivity index (χ2v) is 9.39. The summed E-state index contributed by atoms with van der Waals surface area (Å²) in [5.74, 6) is 0.529. The molecule has 2 heterocycles. The van der Waals surface area contributed by atoms with Gasteiger partial charge in [-0.1, -0.05) is 18.2 Å². The molecule has 0 unspecified atom stereocenters. The number of imide groups is 1. The number of para-hydroxylation sites is 1. The van der Waals surface area contributed by atoms with Crippen LogP contribution in [0.15, 0.2) is 65.5 Å². The summed E-state index contributed by atoms with van der Waals surface area (Å²) in [6, 6.07) is 17.3. The van der Waals surface area contributed by atoms with Crippen molar-refractivity contribution in [2.24, 2.45) is 0 Å². The molecule has 5 rings (SSSR count). The average Bonchev–Trinajstić information content (AvgIpc) is 3.19. The van der Waals surface area contributed by atoms with Crippen LogP contribution < -0.4 is 20.3 Å². The second kappa shape index (κ2) is 11.0. The maximum atomic E-state index is 13.5. The summed E-state index contributed by atoms with van der Waals surface area (Å²) < 4.78 is 12.3. The predicted octanol–water partition coefficient (Wildman–Crippen LogP) is 3.45. The van der Waals surface area contributed by atoms with Crippen LogP contribution in [0.3, 0.4) is 0 Å². The average molecular weight is 541 g/mol. The van der Waals surface area contributed by atoms with Gasteiger partial charge in [0.2, 0.25) is 5.91 Å². The van der Waals surface area contributed by atoms with E-state index in [2.05, 4.69) is 5.32 Å². The number of hydrogen-bond acceptors (Lipinski definition) is 7. The number of aromatic nitrogens is 2. The van der Waals surface area contributed by atoms with Gasteiger partial charge in [0.25, 0.3) is 17.4 Å². The highest BCUT2D eigenvalue weighted by Crippen LogP contribution is 2.28. The van der Waals surface area contributed by atoms with Gasteiger partial charge in [-0.15, -0.1) is 0 Å². The van der Waals surface area contributed by atoms with Crippen molar-refractivity contribution in [3.8, 4) is 11.5 Å². The topological polar surface area (TPSA) is 120 Å². The van der Waals surface area contributed by atoms with Crippen molar-refractivity contribution in [2.75, 3.05) is 26.1 Å². The van der Waals surface area contributed by atoms with Crippen molar-refractivity contribution in [3.63, 3.8) is 0 Å². The molecule has 4 aromatic rings. The van der Waals surface area contributed by atoms with Crippen molar-refractivity contribution in [3.05, 3.63) is 93.5 Å². The van der Waals surface area contributed by atoms with Gasteiger partial charge in [-0.3, -0.25) is 28.6 Å². The summed E-state index contributed by atoms with van der Waals surface area (Å²) in [7, 11) is 3.14. The number of carbonyl (C=O) groups is 3. The van der Waals surface area contributed by atoms with Crippen LogP contribution >= 0.6 is 0 Å². The molecule has 0 radical (unpaired) electrons. The molecule has 10 nitrogen and oxygen atoms in total. The SMILES string of the molecule is COc1ccc(CCn2c(CCN3C(=O)c4ccc(NC(C)=O)cc4C3=O)nc3ccccc3c2=O)cc1OC. The van der Waals surface area contributed by atoms with E-state index in [1.165, 1.54) is 19.1 Å². The smallest absolute Gasteiger partial charge is 0.261 e. The van der Waals surface area contributed by atoms with Gasteiger partial charge in [0, 0.05) is 32.1 Å². The Kier molecular flexibility index (Phi) is 7.33. The Morgan fingerprint density at radius 3 is 2.35 bits per heavy atom. The van der Waals surface area contributed by atoms with E-state index < -0.39 is 11.8 Å². The summed E-state index contributed by atoms with van der Waals surface area (Å²) >= 11 is 0. The van der Waals surface area contributed by atoms with Crippen molar-refractivity contribution in [2.45, 2.75) is 26.3 Å². The van der Waals surface area contributed by atoms with Crippen LogP contribution in [-0.2, 0) is 24.2 Å². The van der Waals surface area contributed by atoms with E-state index in [9.17, 15) is 19.2 Å². The van der Waals surface area contributed by atoms with Crippen LogP contribution in [0.1, 0.15) is 39.0 Å². The van der Waals surface area contributed by atoms with E-state index in [1.54, 1.807) is 43.1 Å². The van der Waals surface area contributed by atoms with Crippen molar-refractivity contribution in [1.29, 1.82) is 0 Å². The minimum atomic E-state index is -0.452. The van der Waals surface area contributed by atoms with Crippen molar-refractivity contribution < 1.29 is 23.9 Å². The van der Waals surface area contributed by atoms with Gasteiger partial charge in [0.15, 0.2) is 11.5 Å². The molecule has 0 saturated heterocycles. The molecule has 0 bridgehead atoms. The highest BCUT2D eigenvalue weighted by atomic mass is 16.5. The zero-order valence-electron chi connectivity index (χ0n) is 22.4. The zero-order chi connectivity index (χ0) is 28.4. The number of nitrogens with one attached hydrogen (secondary N) is 1. The molecule has 0 spiro atoms. The first kappa shape index (κ1) is 26.6. The van der Waals surface area contributed by atoms with Crippen LogP contribution in [0.4, 0.5) is 5.69 Å². The van der Waals surface area contributed by atoms with E-state index >= 15 is 0 Å². The van der Waals surface area contributed by atoms with E-state index in [4.69, 9.17) is 14.5 Å². The molecule has 0 fully saturated rings. The molecule has 10 heteroatoms. The molecule has 3 amide bonds. The van der Waals surface area contributed by atoms with Crippen molar-refractivity contribution >= 4 is 34.3 Å². The first-order valence-electron chi connectivity index (χ1n) is 12.8. The molecule has 3 aromatic carbocycles. The third-order valence-electron chi connectivity index (χ3n) is 6.86. The van der Waals surface area contributed by atoms with E-state index in [1.807, 2.05) is 24.3 Å². The van der Waals surface area contributed by atoms with Crippen LogP contribution in [0.25, 0.3) is 10.9 Å².